The lowest BCUT2D eigenvalue weighted by Crippen LogP contribution is -2.16. The van der Waals surface area contributed by atoms with E-state index in [1.54, 1.807) is 14.0 Å². The van der Waals surface area contributed by atoms with Crippen LogP contribution < -0.4 is 4.74 Å². The van der Waals surface area contributed by atoms with Gasteiger partial charge in [0.15, 0.2) is 5.78 Å². The summed E-state index contributed by atoms with van der Waals surface area (Å²) < 4.78 is 5.71. The maximum Gasteiger partial charge on any atom is 0.156 e. The van der Waals surface area contributed by atoms with E-state index in [9.17, 15) is 4.79 Å². The highest BCUT2D eigenvalue weighted by Gasteiger charge is 2.29. The van der Waals surface area contributed by atoms with Crippen LogP contribution in [0.4, 0.5) is 0 Å². The van der Waals surface area contributed by atoms with Gasteiger partial charge >= 0.3 is 0 Å². The summed E-state index contributed by atoms with van der Waals surface area (Å²) in [4.78, 5) is 12.7. The van der Waals surface area contributed by atoms with Crippen molar-refractivity contribution >= 4 is 5.78 Å². The van der Waals surface area contributed by atoms with Crippen LogP contribution in [0.2, 0.25) is 0 Å². The number of carbonyl (C=O) groups is 1. The molecule has 0 amide bonds. The Labute approximate surface area is 179 Å². The van der Waals surface area contributed by atoms with Crippen LogP contribution in [0.15, 0.2) is 64.3 Å². The number of carbonyl (C=O) groups excluding carboxylic acids is 1. The fourth-order valence-electron chi connectivity index (χ4n) is 3.57. The first-order valence-corrected chi connectivity index (χ1v) is 10.4. The van der Waals surface area contributed by atoms with E-state index in [1.807, 2.05) is 54.5 Å². The molecule has 1 rings (SSSR count). The number of ketones is 1. The van der Waals surface area contributed by atoms with E-state index in [0.29, 0.717) is 0 Å². The van der Waals surface area contributed by atoms with Crippen molar-refractivity contribution in [2.45, 2.75) is 75.2 Å². The maximum atomic E-state index is 12.7. The Morgan fingerprint density at radius 2 is 1.59 bits per heavy atom. The van der Waals surface area contributed by atoms with E-state index in [-0.39, 0.29) is 11.7 Å². The van der Waals surface area contributed by atoms with Gasteiger partial charge in [0.05, 0.1) is 7.11 Å². The monoisotopic (exact) mass is 396 g/mol. The molecule has 0 bridgehead atoms. The van der Waals surface area contributed by atoms with Crippen LogP contribution >= 0.6 is 0 Å². The van der Waals surface area contributed by atoms with Crippen molar-refractivity contribution in [3.8, 4) is 5.75 Å². The zero-order chi connectivity index (χ0) is 22.9. The van der Waals surface area contributed by atoms with E-state index in [4.69, 9.17) is 4.74 Å². The zero-order valence-electron chi connectivity index (χ0n) is 20.4. The number of aryl methyl sites for hydroxylation is 1. The molecule has 0 saturated heterocycles. The smallest absolute Gasteiger partial charge is 0.156 e. The first kappa shape index (κ1) is 26.6. The molecule has 1 aromatic carbocycles. The van der Waals surface area contributed by atoms with Gasteiger partial charge in [-0.15, -0.1) is 0 Å². The largest absolute Gasteiger partial charge is 0.496 e. The summed E-state index contributed by atoms with van der Waals surface area (Å²) in [6.45, 7) is 24.2. The van der Waals surface area contributed by atoms with Gasteiger partial charge in [-0.1, -0.05) is 55.4 Å². The molecule has 0 aliphatic heterocycles. The first-order chi connectivity index (χ1) is 13.6. The summed E-state index contributed by atoms with van der Waals surface area (Å²) in [5, 5.41) is 0. The summed E-state index contributed by atoms with van der Waals surface area (Å²) in [6.07, 6.45) is 2.09. The van der Waals surface area contributed by atoms with Gasteiger partial charge in [-0.25, -0.2) is 0 Å². The number of rotatable bonds is 7. The second-order valence-electron chi connectivity index (χ2n) is 7.44. The van der Waals surface area contributed by atoms with Gasteiger partial charge < -0.3 is 4.74 Å². The lowest BCUT2D eigenvalue weighted by molar-refractivity contribution is -0.113. The normalized spacial score (nSPS) is 12.9. The van der Waals surface area contributed by atoms with Crippen molar-refractivity contribution in [2.75, 3.05) is 7.11 Å². The number of hydrogen-bond acceptors (Lipinski definition) is 2. The van der Waals surface area contributed by atoms with Crippen molar-refractivity contribution in [1.82, 2.24) is 0 Å². The fraction of sp³-hybridized carbons (Fsp3) is 0.444. The maximum absolute atomic E-state index is 12.7. The average molecular weight is 397 g/mol. The Bertz CT molecular complexity index is 828. The van der Waals surface area contributed by atoms with Crippen molar-refractivity contribution in [3.05, 3.63) is 75.4 Å². The first-order valence-electron chi connectivity index (χ1n) is 10.4. The Morgan fingerprint density at radius 3 is 1.97 bits per heavy atom. The van der Waals surface area contributed by atoms with Crippen molar-refractivity contribution in [2.24, 2.45) is 0 Å². The Balaban J connectivity index is 0.00000379. The third kappa shape index (κ3) is 6.59. The van der Waals surface area contributed by atoms with E-state index < -0.39 is 0 Å². The van der Waals surface area contributed by atoms with Crippen LogP contribution in [-0.2, 0) is 4.79 Å². The zero-order valence-corrected chi connectivity index (χ0v) is 20.4. The van der Waals surface area contributed by atoms with Crippen molar-refractivity contribution in [1.29, 1.82) is 0 Å². The van der Waals surface area contributed by atoms with E-state index in [1.165, 1.54) is 5.57 Å². The van der Waals surface area contributed by atoms with E-state index in [0.717, 1.165) is 44.7 Å². The Morgan fingerprint density at radius 1 is 1.03 bits per heavy atom. The number of methoxy groups -OCH3 is 1. The number of benzene rings is 1. The molecule has 0 heterocycles. The van der Waals surface area contributed by atoms with Crippen molar-refractivity contribution < 1.29 is 9.53 Å². The molecule has 0 radical (unpaired) electrons. The van der Waals surface area contributed by atoms with E-state index >= 15 is 0 Å². The SMILES string of the molecule is C=C(C)/C(=C(C)\C(C)=C/C)C(C(C(C)=O)=C(C)C)c1ccc(C)cc1OC.CC. The van der Waals surface area contributed by atoms with Crippen LogP contribution in [-0.4, -0.2) is 12.9 Å². The molecule has 1 atom stereocenters. The van der Waals surface area contributed by atoms with Gasteiger partial charge in [0, 0.05) is 17.1 Å². The molecule has 1 unspecified atom stereocenters. The summed E-state index contributed by atoms with van der Waals surface area (Å²) in [6, 6.07) is 6.17. The minimum Gasteiger partial charge on any atom is -0.496 e. The predicted molar refractivity (Wildman–Crippen MR) is 128 cm³/mol. The standard InChI is InChI=1S/C25H34O2.C2H6/c1-11-18(7)19(8)23(15(2)3)25(24(16(4)5)20(9)26)21-13-12-17(6)14-22(21)27-10;1-2/h11-14,25H,2H2,1,3-10H3;1-2H3/b18-11-,23-19+;. The molecule has 160 valence electrons. The lowest BCUT2D eigenvalue weighted by Gasteiger charge is -2.28. The quantitative estimate of drug-likeness (QED) is 0.346. The Hall–Kier alpha value is -2.35. The highest BCUT2D eigenvalue weighted by atomic mass is 16.5. The predicted octanol–water partition coefficient (Wildman–Crippen LogP) is 7.90. The minimum absolute atomic E-state index is 0.0762. The number of ether oxygens (including phenoxy) is 1. The van der Waals surface area contributed by atoms with Crippen molar-refractivity contribution in [3.63, 3.8) is 0 Å². The summed E-state index contributed by atoms with van der Waals surface area (Å²) in [7, 11) is 1.68. The molecule has 0 aliphatic rings. The average Bonchev–Trinajstić information content (AvgIpc) is 2.67. The molecule has 1 aromatic rings. The second-order valence-corrected chi connectivity index (χ2v) is 7.44. The third-order valence-corrected chi connectivity index (χ3v) is 5.08. The highest BCUT2D eigenvalue weighted by Crippen LogP contribution is 2.43. The van der Waals surface area contributed by atoms with Crippen LogP contribution in [0.3, 0.4) is 0 Å². The minimum atomic E-state index is -0.213. The highest BCUT2D eigenvalue weighted by molar-refractivity contribution is 5.97. The van der Waals surface area contributed by atoms with Gasteiger partial charge in [0.1, 0.15) is 5.75 Å². The van der Waals surface area contributed by atoms with Gasteiger partial charge in [-0.3, -0.25) is 4.79 Å². The molecule has 0 fully saturated rings. The lowest BCUT2D eigenvalue weighted by atomic mass is 9.75. The summed E-state index contributed by atoms with van der Waals surface area (Å²) in [5.41, 5.74) is 8.31. The molecule has 0 aromatic heterocycles. The van der Waals surface area contributed by atoms with Gasteiger partial charge in [-0.2, -0.15) is 0 Å². The molecule has 2 nitrogen and oxygen atoms in total. The van der Waals surface area contributed by atoms with Crippen LogP contribution in [0.5, 0.6) is 5.75 Å². The van der Waals surface area contributed by atoms with Gasteiger partial charge in [-0.05, 0) is 78.2 Å². The van der Waals surface area contributed by atoms with Crippen LogP contribution in [0.1, 0.15) is 79.4 Å². The molecule has 0 N–H and O–H groups in total. The van der Waals surface area contributed by atoms with Gasteiger partial charge in [0.25, 0.3) is 0 Å². The van der Waals surface area contributed by atoms with Crippen LogP contribution in [0, 0.1) is 6.92 Å². The molecule has 29 heavy (non-hydrogen) atoms. The number of Topliss-reactive ketones (excluding diaryl/α,β-unsaturated/α-hetero) is 1. The molecular formula is C27H40O2. The van der Waals surface area contributed by atoms with Gasteiger partial charge in [0.2, 0.25) is 0 Å². The molecule has 0 spiro atoms. The fourth-order valence-corrected chi connectivity index (χ4v) is 3.57. The molecule has 0 saturated carbocycles. The molecule has 2 heteroatoms. The van der Waals surface area contributed by atoms with Crippen LogP contribution in [0.25, 0.3) is 0 Å². The Kier molecular flexibility index (Phi) is 11.3. The summed E-state index contributed by atoms with van der Waals surface area (Å²) in [5.74, 6) is 0.660. The second kappa shape index (κ2) is 12.3. The third-order valence-electron chi connectivity index (χ3n) is 5.08. The topological polar surface area (TPSA) is 26.3 Å². The number of allylic oxidation sites excluding steroid dienone is 7. The number of hydrogen-bond donors (Lipinski definition) is 0. The molecular weight excluding hydrogens is 356 g/mol. The van der Waals surface area contributed by atoms with E-state index in [2.05, 4.69) is 38.6 Å². The molecule has 0 aliphatic carbocycles. The summed E-state index contributed by atoms with van der Waals surface area (Å²) >= 11 is 0.